The molecule has 9 rings (SSSR count). The van der Waals surface area contributed by atoms with Gasteiger partial charge in [-0.3, -0.25) is 29.0 Å². The van der Waals surface area contributed by atoms with Crippen molar-refractivity contribution in [2.24, 2.45) is 0 Å². The largest absolute Gasteiger partial charge is 0.505 e. The molecule has 276 valence electrons. The van der Waals surface area contributed by atoms with Crippen LogP contribution in [0.1, 0.15) is 63.9 Å². The number of phenols is 4. The summed E-state index contributed by atoms with van der Waals surface area (Å²) in [5.74, 6) is -3.70. The van der Waals surface area contributed by atoms with Crippen LogP contribution in [0, 0.1) is 13.8 Å². The van der Waals surface area contributed by atoms with Gasteiger partial charge < -0.3 is 29.9 Å². The van der Waals surface area contributed by atoms with Crippen LogP contribution in [0.4, 0.5) is 0 Å². The molecule has 2 aromatic heterocycles. The SMILES string of the molecule is Cc1cnc2c(O)c3c(c(O)c2n1)C(=O)N(Cc1ccc(Cl)c(Cl)c1)C3=O.Cc1cnc2c(O)c3c(c(O)c2n1)C(=O)N(Cc1ccc2c(c1)OCO2)C3=O. The molecule has 0 radical (unpaired) electrons. The van der Waals surface area contributed by atoms with Crippen molar-refractivity contribution in [1.82, 2.24) is 29.7 Å². The maximum atomic E-state index is 12.9. The van der Waals surface area contributed by atoms with E-state index in [0.717, 1.165) is 9.80 Å². The average molecular weight is 784 g/mol. The van der Waals surface area contributed by atoms with Crippen LogP contribution in [-0.4, -0.2) is 80.6 Å². The molecule has 0 aliphatic carbocycles. The van der Waals surface area contributed by atoms with Gasteiger partial charge in [-0.1, -0.05) is 35.3 Å². The number of halogens is 2. The zero-order chi connectivity index (χ0) is 39.0. The highest BCUT2D eigenvalue weighted by atomic mass is 35.5. The molecule has 18 heteroatoms. The number of carbonyl (C=O) groups is 4. The number of carbonyl (C=O) groups excluding carboxylic acids is 4. The quantitative estimate of drug-likeness (QED) is 0.131. The molecular formula is C37H24Cl2N6O10. The third-order valence-electron chi connectivity index (χ3n) is 9.07. The van der Waals surface area contributed by atoms with Crippen LogP contribution < -0.4 is 9.47 Å². The second-order valence-corrected chi connectivity index (χ2v) is 13.5. The molecule has 4 amide bonds. The van der Waals surface area contributed by atoms with E-state index in [4.69, 9.17) is 32.7 Å². The molecular weight excluding hydrogens is 759 g/mol. The molecule has 0 atom stereocenters. The summed E-state index contributed by atoms with van der Waals surface area (Å²) in [5, 5.41) is 42.7. The summed E-state index contributed by atoms with van der Waals surface area (Å²) in [6, 6.07) is 9.79. The van der Waals surface area contributed by atoms with Crippen LogP contribution in [0.3, 0.4) is 0 Å². The Kier molecular flexibility index (Phi) is 8.31. The van der Waals surface area contributed by atoms with Gasteiger partial charge in [0.05, 0.1) is 34.5 Å². The lowest BCUT2D eigenvalue weighted by Crippen LogP contribution is -2.29. The van der Waals surface area contributed by atoms with Gasteiger partial charge >= 0.3 is 0 Å². The van der Waals surface area contributed by atoms with E-state index in [1.54, 1.807) is 44.2 Å². The third kappa shape index (κ3) is 5.61. The van der Waals surface area contributed by atoms with Gasteiger partial charge in [-0.15, -0.1) is 0 Å². The van der Waals surface area contributed by atoms with Crippen molar-refractivity contribution in [1.29, 1.82) is 0 Å². The van der Waals surface area contributed by atoms with E-state index < -0.39 is 46.6 Å². The standard InChI is InChI=1S/C19H13N3O6.C18H11Cl2N3O4/c1-8-5-20-14-15(21-8)17(24)13-12(16(14)23)18(25)22(19(13)26)6-9-2-3-10-11(4-9)28-7-27-10;1-7-5-21-13-14(22-7)16(25)12-11(15(13)24)17(26)23(18(12)27)6-8-2-3-9(19)10(20)4-8/h2-5,23-24H,6-7H2,1H3;2-5,24-25H,6H2,1H3. The highest BCUT2D eigenvalue weighted by molar-refractivity contribution is 6.42. The van der Waals surface area contributed by atoms with Crippen molar-refractivity contribution < 1.29 is 49.1 Å². The fourth-order valence-corrected chi connectivity index (χ4v) is 6.79. The summed E-state index contributed by atoms with van der Waals surface area (Å²) in [5.41, 5.74) is 0.924. The van der Waals surface area contributed by atoms with Crippen molar-refractivity contribution in [3.05, 3.63) is 104 Å². The lowest BCUT2D eigenvalue weighted by molar-refractivity contribution is 0.0625. The highest BCUT2D eigenvalue weighted by Gasteiger charge is 2.44. The Bertz CT molecular complexity index is 2740. The fourth-order valence-electron chi connectivity index (χ4n) is 6.47. The zero-order valence-corrected chi connectivity index (χ0v) is 29.9. The molecule has 0 saturated carbocycles. The number of nitrogens with zero attached hydrogens (tertiary/aromatic N) is 6. The lowest BCUT2D eigenvalue weighted by Gasteiger charge is -2.14. The average Bonchev–Trinajstić information content (AvgIpc) is 3.80. The monoisotopic (exact) mass is 782 g/mol. The van der Waals surface area contributed by atoms with E-state index in [9.17, 15) is 39.6 Å². The Hall–Kier alpha value is -6.78. The maximum absolute atomic E-state index is 12.9. The second-order valence-electron chi connectivity index (χ2n) is 12.6. The van der Waals surface area contributed by atoms with Gasteiger partial charge in [-0.2, -0.15) is 0 Å². The van der Waals surface area contributed by atoms with E-state index in [1.807, 2.05) is 0 Å². The number of imide groups is 2. The smallest absolute Gasteiger partial charge is 0.265 e. The van der Waals surface area contributed by atoms with Crippen LogP contribution >= 0.6 is 23.2 Å². The number of hydrogen-bond donors (Lipinski definition) is 4. The van der Waals surface area contributed by atoms with Crippen LogP contribution in [0.5, 0.6) is 34.5 Å². The Morgan fingerprint density at radius 3 is 1.47 bits per heavy atom. The van der Waals surface area contributed by atoms with Crippen LogP contribution in [0.25, 0.3) is 22.1 Å². The lowest BCUT2D eigenvalue weighted by atomic mass is 10.0. The first-order chi connectivity index (χ1) is 26.2. The molecule has 55 heavy (non-hydrogen) atoms. The number of amides is 4. The van der Waals surface area contributed by atoms with Crippen molar-refractivity contribution >= 4 is 68.9 Å². The van der Waals surface area contributed by atoms with Crippen LogP contribution in [0.2, 0.25) is 10.0 Å². The molecule has 16 nitrogen and oxygen atoms in total. The normalized spacial score (nSPS) is 14.2. The Balaban J connectivity index is 0.000000155. The van der Waals surface area contributed by atoms with Gasteiger partial charge in [-0.05, 0) is 49.2 Å². The van der Waals surface area contributed by atoms with Crippen molar-refractivity contribution in [2.45, 2.75) is 26.9 Å². The molecule has 5 heterocycles. The molecule has 3 aliphatic heterocycles. The van der Waals surface area contributed by atoms with Crippen molar-refractivity contribution in [3.63, 3.8) is 0 Å². The number of aromatic nitrogens is 4. The van der Waals surface area contributed by atoms with E-state index in [-0.39, 0.29) is 69.2 Å². The summed E-state index contributed by atoms with van der Waals surface area (Å²) in [6.45, 7) is 3.27. The number of ether oxygens (including phenoxy) is 2. The molecule has 4 aromatic carbocycles. The minimum absolute atomic E-state index is 0.0256. The predicted octanol–water partition coefficient (Wildman–Crippen LogP) is 5.33. The minimum atomic E-state index is -0.738. The van der Waals surface area contributed by atoms with Crippen molar-refractivity contribution in [2.75, 3.05) is 6.79 Å². The van der Waals surface area contributed by atoms with Crippen molar-refractivity contribution in [3.8, 4) is 34.5 Å². The molecule has 0 unspecified atom stereocenters. The van der Waals surface area contributed by atoms with E-state index in [0.29, 0.717) is 39.0 Å². The summed E-state index contributed by atoms with van der Waals surface area (Å²) in [6.07, 6.45) is 2.79. The number of rotatable bonds is 4. The minimum Gasteiger partial charge on any atom is -0.505 e. The predicted molar refractivity (Wildman–Crippen MR) is 193 cm³/mol. The van der Waals surface area contributed by atoms with Gasteiger partial charge in [0.2, 0.25) is 6.79 Å². The Morgan fingerprint density at radius 2 is 1.00 bits per heavy atom. The van der Waals surface area contributed by atoms with Crippen LogP contribution in [0.15, 0.2) is 48.8 Å². The third-order valence-corrected chi connectivity index (χ3v) is 9.81. The highest BCUT2D eigenvalue weighted by Crippen LogP contribution is 2.44. The summed E-state index contributed by atoms with van der Waals surface area (Å²) in [4.78, 5) is 69.5. The topological polar surface area (TPSA) is 226 Å². The number of hydrogen-bond acceptors (Lipinski definition) is 14. The van der Waals surface area contributed by atoms with E-state index >= 15 is 0 Å². The molecule has 0 spiro atoms. The van der Waals surface area contributed by atoms with Gasteiger partial charge in [0, 0.05) is 12.4 Å². The molecule has 0 bridgehead atoms. The Labute approximate surface area is 318 Å². The number of aryl methyl sites for hydroxylation is 2. The first-order valence-corrected chi connectivity index (χ1v) is 17.0. The molecule has 4 N–H and O–H groups in total. The molecule has 0 fully saturated rings. The number of benzene rings is 4. The van der Waals surface area contributed by atoms with E-state index in [1.165, 1.54) is 18.5 Å². The second kappa shape index (κ2) is 13.0. The van der Waals surface area contributed by atoms with Gasteiger partial charge in [-0.25, -0.2) is 19.9 Å². The first kappa shape index (κ1) is 35.3. The molecule has 6 aromatic rings. The summed E-state index contributed by atoms with van der Waals surface area (Å²) < 4.78 is 10.6. The summed E-state index contributed by atoms with van der Waals surface area (Å²) >= 11 is 11.9. The fraction of sp³-hybridized carbons (Fsp3) is 0.135. The maximum Gasteiger partial charge on any atom is 0.265 e. The summed E-state index contributed by atoms with van der Waals surface area (Å²) in [7, 11) is 0. The number of aromatic hydroxyl groups is 4. The molecule has 3 aliphatic rings. The van der Waals surface area contributed by atoms with Gasteiger partial charge in [0.25, 0.3) is 23.6 Å². The molecule has 0 saturated heterocycles. The zero-order valence-electron chi connectivity index (χ0n) is 28.4. The number of fused-ring (bicyclic) bond motifs is 5. The first-order valence-electron chi connectivity index (χ1n) is 16.2. The Morgan fingerprint density at radius 1 is 0.582 bits per heavy atom. The van der Waals surface area contributed by atoms with Gasteiger partial charge in [0.1, 0.15) is 44.3 Å². The van der Waals surface area contributed by atoms with Crippen LogP contribution in [-0.2, 0) is 13.1 Å². The van der Waals surface area contributed by atoms with E-state index in [2.05, 4.69) is 19.9 Å². The number of phenolic OH excluding ortho intramolecular Hbond substituents is 4. The van der Waals surface area contributed by atoms with Gasteiger partial charge in [0.15, 0.2) is 34.5 Å².